The van der Waals surface area contributed by atoms with Gasteiger partial charge in [-0.15, -0.1) is 0 Å². The lowest BCUT2D eigenvalue weighted by Crippen LogP contribution is -2.35. The molecule has 0 aliphatic heterocycles. The SMILES string of the molecule is COc1ccc(CNC(=O)[C@@H](C)OC(=O)/C=C/c2cccc(OC)c2OC)cc1. The minimum absolute atomic E-state index is 0.321. The van der Waals surface area contributed by atoms with E-state index in [4.69, 9.17) is 18.9 Å². The fourth-order valence-corrected chi connectivity index (χ4v) is 2.54. The summed E-state index contributed by atoms with van der Waals surface area (Å²) in [6.07, 6.45) is 1.86. The predicted octanol–water partition coefficient (Wildman–Crippen LogP) is 2.97. The van der Waals surface area contributed by atoms with Gasteiger partial charge in [-0.3, -0.25) is 4.79 Å². The Balaban J connectivity index is 1.89. The first-order chi connectivity index (χ1) is 14.0. The first-order valence-electron chi connectivity index (χ1n) is 8.98. The van der Waals surface area contributed by atoms with Crippen LogP contribution >= 0.6 is 0 Å². The van der Waals surface area contributed by atoms with Gasteiger partial charge in [-0.05, 0) is 36.8 Å². The fraction of sp³-hybridized carbons (Fsp3) is 0.273. The summed E-state index contributed by atoms with van der Waals surface area (Å²) < 4.78 is 20.8. The van der Waals surface area contributed by atoms with Crippen LogP contribution in [0, 0.1) is 0 Å². The Labute approximate surface area is 170 Å². The molecule has 0 unspecified atom stereocenters. The molecule has 0 bridgehead atoms. The van der Waals surface area contributed by atoms with E-state index in [1.807, 2.05) is 24.3 Å². The molecular formula is C22H25NO6. The summed E-state index contributed by atoms with van der Waals surface area (Å²) in [5.41, 5.74) is 1.56. The molecule has 0 aliphatic carbocycles. The van der Waals surface area contributed by atoms with Crippen LogP contribution in [0.5, 0.6) is 17.2 Å². The Morgan fingerprint density at radius 3 is 2.34 bits per heavy atom. The fourth-order valence-electron chi connectivity index (χ4n) is 2.54. The lowest BCUT2D eigenvalue weighted by atomic mass is 10.1. The summed E-state index contributed by atoms with van der Waals surface area (Å²) in [5.74, 6) is 0.768. The number of para-hydroxylation sites is 1. The van der Waals surface area contributed by atoms with Crippen molar-refractivity contribution in [3.05, 3.63) is 59.7 Å². The number of carbonyl (C=O) groups excluding carboxylic acids is 2. The van der Waals surface area contributed by atoms with Crippen LogP contribution in [0.3, 0.4) is 0 Å². The second kappa shape index (κ2) is 10.8. The minimum atomic E-state index is -0.933. The maximum absolute atomic E-state index is 12.2. The first kappa shape index (κ1) is 21.8. The number of methoxy groups -OCH3 is 3. The Morgan fingerprint density at radius 2 is 1.72 bits per heavy atom. The van der Waals surface area contributed by atoms with E-state index in [-0.39, 0.29) is 5.91 Å². The molecule has 7 nitrogen and oxygen atoms in total. The van der Waals surface area contributed by atoms with Gasteiger partial charge in [0.2, 0.25) is 0 Å². The van der Waals surface area contributed by atoms with Crippen LogP contribution in [0.4, 0.5) is 0 Å². The number of hydrogen-bond donors (Lipinski definition) is 1. The van der Waals surface area contributed by atoms with Crippen LogP contribution in [-0.2, 0) is 20.9 Å². The van der Waals surface area contributed by atoms with Gasteiger partial charge in [-0.2, -0.15) is 0 Å². The molecule has 1 atom stereocenters. The Bertz CT molecular complexity index is 860. The first-order valence-corrected chi connectivity index (χ1v) is 8.98. The lowest BCUT2D eigenvalue weighted by Gasteiger charge is -2.13. The molecule has 2 rings (SSSR count). The summed E-state index contributed by atoms with van der Waals surface area (Å²) in [4.78, 5) is 24.2. The second-order valence-electron chi connectivity index (χ2n) is 6.06. The van der Waals surface area contributed by atoms with Crippen molar-refractivity contribution in [2.45, 2.75) is 19.6 Å². The highest BCUT2D eigenvalue weighted by atomic mass is 16.5. The number of hydrogen-bond acceptors (Lipinski definition) is 6. The van der Waals surface area contributed by atoms with E-state index in [1.54, 1.807) is 31.4 Å². The zero-order chi connectivity index (χ0) is 21.2. The van der Waals surface area contributed by atoms with E-state index in [0.717, 1.165) is 11.3 Å². The van der Waals surface area contributed by atoms with Gasteiger partial charge in [0.15, 0.2) is 17.6 Å². The number of amides is 1. The molecule has 2 aromatic rings. The second-order valence-corrected chi connectivity index (χ2v) is 6.06. The van der Waals surface area contributed by atoms with Gasteiger partial charge in [0.05, 0.1) is 21.3 Å². The van der Waals surface area contributed by atoms with Gasteiger partial charge in [0.25, 0.3) is 5.91 Å². The van der Waals surface area contributed by atoms with Gasteiger partial charge < -0.3 is 24.3 Å². The van der Waals surface area contributed by atoms with Crippen molar-refractivity contribution in [2.75, 3.05) is 21.3 Å². The van der Waals surface area contributed by atoms with Crippen molar-refractivity contribution >= 4 is 18.0 Å². The molecule has 0 aliphatic rings. The van der Waals surface area contributed by atoms with Crippen LogP contribution < -0.4 is 19.5 Å². The maximum atomic E-state index is 12.2. The average molecular weight is 399 g/mol. The average Bonchev–Trinajstić information content (AvgIpc) is 2.75. The molecule has 0 aromatic heterocycles. The lowest BCUT2D eigenvalue weighted by molar-refractivity contribution is -0.150. The van der Waals surface area contributed by atoms with Crippen molar-refractivity contribution < 1.29 is 28.5 Å². The number of nitrogens with one attached hydrogen (secondary N) is 1. The molecule has 29 heavy (non-hydrogen) atoms. The molecule has 0 heterocycles. The smallest absolute Gasteiger partial charge is 0.331 e. The third kappa shape index (κ3) is 6.27. The van der Waals surface area contributed by atoms with Gasteiger partial charge >= 0.3 is 5.97 Å². The molecule has 0 radical (unpaired) electrons. The summed E-state index contributed by atoms with van der Waals surface area (Å²) in [6.45, 7) is 1.84. The van der Waals surface area contributed by atoms with Gasteiger partial charge in [0.1, 0.15) is 5.75 Å². The highest BCUT2D eigenvalue weighted by Gasteiger charge is 2.16. The van der Waals surface area contributed by atoms with Crippen molar-refractivity contribution in [1.82, 2.24) is 5.32 Å². The standard InChI is InChI=1S/C22H25NO6/c1-15(22(25)23-14-16-8-11-18(26-2)12-9-16)29-20(24)13-10-17-6-5-7-19(27-3)21(17)28-4/h5-13,15H,14H2,1-4H3,(H,23,25)/b13-10+/t15-/m1/s1. The van der Waals surface area contributed by atoms with Crippen molar-refractivity contribution in [2.24, 2.45) is 0 Å². The largest absolute Gasteiger partial charge is 0.497 e. The summed E-state index contributed by atoms with van der Waals surface area (Å²) >= 11 is 0. The number of benzene rings is 2. The van der Waals surface area contributed by atoms with Crippen LogP contribution in [0.2, 0.25) is 0 Å². The molecule has 2 aromatic carbocycles. The van der Waals surface area contributed by atoms with E-state index < -0.39 is 12.1 Å². The van der Waals surface area contributed by atoms with Crippen molar-refractivity contribution in [3.63, 3.8) is 0 Å². The molecule has 1 N–H and O–H groups in total. The monoisotopic (exact) mass is 399 g/mol. The Kier molecular flexibility index (Phi) is 8.09. The topological polar surface area (TPSA) is 83.1 Å². The molecule has 0 fully saturated rings. The molecule has 1 amide bonds. The zero-order valence-electron chi connectivity index (χ0n) is 16.9. The molecule has 0 spiro atoms. The van der Waals surface area contributed by atoms with E-state index >= 15 is 0 Å². The molecular weight excluding hydrogens is 374 g/mol. The molecule has 0 saturated heterocycles. The van der Waals surface area contributed by atoms with E-state index in [2.05, 4.69) is 5.32 Å². The molecule has 0 saturated carbocycles. The van der Waals surface area contributed by atoms with Crippen LogP contribution in [0.15, 0.2) is 48.5 Å². The highest BCUT2D eigenvalue weighted by molar-refractivity contribution is 5.90. The zero-order valence-corrected chi connectivity index (χ0v) is 16.9. The Hall–Kier alpha value is -3.48. The van der Waals surface area contributed by atoms with E-state index in [0.29, 0.717) is 23.6 Å². The van der Waals surface area contributed by atoms with Gasteiger partial charge in [-0.1, -0.05) is 24.3 Å². The normalized spacial score (nSPS) is 11.6. The number of ether oxygens (including phenoxy) is 4. The van der Waals surface area contributed by atoms with Crippen LogP contribution in [0.1, 0.15) is 18.1 Å². The predicted molar refractivity (Wildman–Crippen MR) is 109 cm³/mol. The maximum Gasteiger partial charge on any atom is 0.331 e. The Morgan fingerprint density at radius 1 is 1.00 bits per heavy atom. The number of rotatable bonds is 9. The number of esters is 1. The van der Waals surface area contributed by atoms with E-state index in [9.17, 15) is 9.59 Å². The number of carbonyl (C=O) groups is 2. The van der Waals surface area contributed by atoms with Gasteiger partial charge in [-0.25, -0.2) is 4.79 Å². The highest BCUT2D eigenvalue weighted by Crippen LogP contribution is 2.31. The molecule has 154 valence electrons. The molecule has 7 heteroatoms. The quantitative estimate of drug-likeness (QED) is 0.516. The summed E-state index contributed by atoms with van der Waals surface area (Å²) in [5, 5.41) is 2.73. The third-order valence-electron chi connectivity index (χ3n) is 4.12. The van der Waals surface area contributed by atoms with E-state index in [1.165, 1.54) is 27.2 Å². The van der Waals surface area contributed by atoms with Crippen LogP contribution in [0.25, 0.3) is 6.08 Å². The van der Waals surface area contributed by atoms with Crippen molar-refractivity contribution in [3.8, 4) is 17.2 Å². The minimum Gasteiger partial charge on any atom is -0.497 e. The summed E-state index contributed by atoms with van der Waals surface area (Å²) in [7, 11) is 4.64. The third-order valence-corrected chi connectivity index (χ3v) is 4.12. The summed E-state index contributed by atoms with van der Waals surface area (Å²) in [6, 6.07) is 12.6. The van der Waals surface area contributed by atoms with Gasteiger partial charge in [0, 0.05) is 18.2 Å². The van der Waals surface area contributed by atoms with Crippen LogP contribution in [-0.4, -0.2) is 39.3 Å². The van der Waals surface area contributed by atoms with Crippen molar-refractivity contribution in [1.29, 1.82) is 0 Å².